The van der Waals surface area contributed by atoms with E-state index in [0.29, 0.717) is 11.2 Å². The van der Waals surface area contributed by atoms with Crippen molar-refractivity contribution in [1.82, 2.24) is 14.5 Å². The Kier molecular flexibility index (Phi) is 1.92. The van der Waals surface area contributed by atoms with E-state index in [2.05, 4.69) is 9.97 Å². The van der Waals surface area contributed by atoms with E-state index < -0.39 is 12.0 Å². The van der Waals surface area contributed by atoms with Crippen molar-refractivity contribution in [3.63, 3.8) is 0 Å². The number of fused-ring (bicyclic) bond motifs is 1. The lowest BCUT2D eigenvalue weighted by molar-refractivity contribution is -0.140. The molecular weight excluding hydrogens is 182 g/mol. The molecule has 2 aromatic heterocycles. The number of hydrogen-bond donors (Lipinski definition) is 1. The second-order valence-corrected chi connectivity index (χ2v) is 3.01. The molecule has 14 heavy (non-hydrogen) atoms. The van der Waals surface area contributed by atoms with Crippen molar-refractivity contribution >= 4 is 17.1 Å². The van der Waals surface area contributed by atoms with Crippen LogP contribution in [0.5, 0.6) is 0 Å². The summed E-state index contributed by atoms with van der Waals surface area (Å²) in [6.45, 7) is 1.60. The fourth-order valence-electron chi connectivity index (χ4n) is 1.27. The molecule has 0 aliphatic heterocycles. The molecule has 0 aliphatic carbocycles. The molecule has 0 saturated carbocycles. The van der Waals surface area contributed by atoms with Crippen LogP contribution >= 0.6 is 0 Å². The standard InChI is InChI=1S/C9H9N3O2/c1-6(9(13)14)12-5-11-7-3-2-4-10-8(7)12/h2-6H,1H3,(H,13,14). The number of hydrogen-bond acceptors (Lipinski definition) is 3. The van der Waals surface area contributed by atoms with Gasteiger partial charge in [-0.25, -0.2) is 14.8 Å². The van der Waals surface area contributed by atoms with E-state index in [4.69, 9.17) is 5.11 Å². The number of carboxylic acids is 1. The van der Waals surface area contributed by atoms with Crippen molar-refractivity contribution in [2.24, 2.45) is 0 Å². The van der Waals surface area contributed by atoms with Crippen LogP contribution in [0.2, 0.25) is 0 Å². The van der Waals surface area contributed by atoms with Crippen molar-refractivity contribution in [3.05, 3.63) is 24.7 Å². The average Bonchev–Trinajstić information content (AvgIpc) is 2.60. The van der Waals surface area contributed by atoms with E-state index in [1.807, 2.05) is 0 Å². The number of nitrogens with zero attached hydrogens (tertiary/aromatic N) is 3. The van der Waals surface area contributed by atoms with Crippen LogP contribution in [0.4, 0.5) is 0 Å². The number of carbonyl (C=O) groups is 1. The summed E-state index contributed by atoms with van der Waals surface area (Å²) in [6.07, 6.45) is 3.12. The summed E-state index contributed by atoms with van der Waals surface area (Å²) in [7, 11) is 0. The van der Waals surface area contributed by atoms with Gasteiger partial charge in [0.05, 0.1) is 6.33 Å². The SMILES string of the molecule is CC(C(=O)O)n1cnc2cccnc21. The van der Waals surface area contributed by atoms with Crippen LogP contribution in [-0.2, 0) is 4.79 Å². The predicted octanol–water partition coefficient (Wildman–Crippen LogP) is 1.08. The third-order valence-corrected chi connectivity index (χ3v) is 2.11. The van der Waals surface area contributed by atoms with Crippen molar-refractivity contribution in [2.75, 3.05) is 0 Å². The van der Waals surface area contributed by atoms with Gasteiger partial charge < -0.3 is 9.67 Å². The van der Waals surface area contributed by atoms with Crippen molar-refractivity contribution in [2.45, 2.75) is 13.0 Å². The Hall–Kier alpha value is -1.91. The van der Waals surface area contributed by atoms with Crippen LogP contribution < -0.4 is 0 Å². The van der Waals surface area contributed by atoms with Crippen LogP contribution in [-0.4, -0.2) is 25.6 Å². The summed E-state index contributed by atoms with van der Waals surface area (Å²) >= 11 is 0. The van der Waals surface area contributed by atoms with Gasteiger partial charge in [0.1, 0.15) is 11.6 Å². The molecule has 72 valence electrons. The Balaban J connectivity index is 2.58. The molecule has 2 rings (SSSR count). The fourth-order valence-corrected chi connectivity index (χ4v) is 1.27. The van der Waals surface area contributed by atoms with E-state index in [1.54, 1.807) is 25.3 Å². The summed E-state index contributed by atoms with van der Waals surface area (Å²) < 4.78 is 1.54. The maximum absolute atomic E-state index is 10.8. The zero-order chi connectivity index (χ0) is 10.1. The molecule has 0 saturated heterocycles. The minimum absolute atomic E-state index is 0.599. The number of aromatic nitrogens is 3. The van der Waals surface area contributed by atoms with E-state index in [0.717, 1.165) is 0 Å². The molecule has 1 N–H and O–H groups in total. The third-order valence-electron chi connectivity index (χ3n) is 2.11. The van der Waals surface area contributed by atoms with E-state index in [9.17, 15) is 4.79 Å². The Bertz CT molecular complexity index is 478. The number of carboxylic acid groups (broad SMARTS) is 1. The molecule has 2 aromatic rings. The minimum atomic E-state index is -0.894. The summed E-state index contributed by atoms with van der Waals surface area (Å²) in [4.78, 5) is 18.9. The second kappa shape index (κ2) is 3.10. The predicted molar refractivity (Wildman–Crippen MR) is 49.9 cm³/mol. The van der Waals surface area contributed by atoms with Gasteiger partial charge in [0.15, 0.2) is 5.65 Å². The highest BCUT2D eigenvalue weighted by Crippen LogP contribution is 2.14. The second-order valence-electron chi connectivity index (χ2n) is 3.01. The largest absolute Gasteiger partial charge is 0.480 e. The van der Waals surface area contributed by atoms with Crippen LogP contribution in [0.1, 0.15) is 13.0 Å². The molecule has 2 heterocycles. The maximum atomic E-state index is 10.8. The minimum Gasteiger partial charge on any atom is -0.480 e. The smallest absolute Gasteiger partial charge is 0.326 e. The van der Waals surface area contributed by atoms with E-state index in [1.165, 1.54) is 10.9 Å². The van der Waals surface area contributed by atoms with Crippen molar-refractivity contribution in [1.29, 1.82) is 0 Å². The van der Waals surface area contributed by atoms with E-state index >= 15 is 0 Å². The first-order valence-electron chi connectivity index (χ1n) is 4.20. The van der Waals surface area contributed by atoms with Crippen LogP contribution in [0, 0.1) is 0 Å². The van der Waals surface area contributed by atoms with Gasteiger partial charge in [-0.1, -0.05) is 0 Å². The zero-order valence-electron chi connectivity index (χ0n) is 7.58. The van der Waals surface area contributed by atoms with Gasteiger partial charge >= 0.3 is 5.97 Å². The summed E-state index contributed by atoms with van der Waals surface area (Å²) in [5.41, 5.74) is 1.31. The molecule has 0 radical (unpaired) electrons. The Morgan fingerprint density at radius 1 is 1.57 bits per heavy atom. The first-order chi connectivity index (χ1) is 6.70. The average molecular weight is 191 g/mol. The van der Waals surface area contributed by atoms with Crippen LogP contribution in [0.15, 0.2) is 24.7 Å². The van der Waals surface area contributed by atoms with Crippen molar-refractivity contribution in [3.8, 4) is 0 Å². The molecule has 1 atom stereocenters. The van der Waals surface area contributed by atoms with Crippen LogP contribution in [0.3, 0.4) is 0 Å². The van der Waals surface area contributed by atoms with Gasteiger partial charge in [-0.2, -0.15) is 0 Å². The lowest BCUT2D eigenvalue weighted by Crippen LogP contribution is -2.14. The lowest BCUT2D eigenvalue weighted by atomic mass is 10.3. The van der Waals surface area contributed by atoms with Gasteiger partial charge in [0, 0.05) is 6.20 Å². The normalized spacial score (nSPS) is 12.9. The molecule has 1 unspecified atom stereocenters. The summed E-state index contributed by atoms with van der Waals surface area (Å²) in [5, 5.41) is 8.84. The number of rotatable bonds is 2. The monoisotopic (exact) mass is 191 g/mol. The molecule has 5 heteroatoms. The quantitative estimate of drug-likeness (QED) is 0.771. The van der Waals surface area contributed by atoms with Gasteiger partial charge in [-0.3, -0.25) is 0 Å². The highest BCUT2D eigenvalue weighted by atomic mass is 16.4. The third kappa shape index (κ3) is 1.22. The maximum Gasteiger partial charge on any atom is 0.326 e. The summed E-state index contributed by atoms with van der Waals surface area (Å²) in [6, 6.07) is 2.92. The molecule has 0 aliphatic rings. The highest BCUT2D eigenvalue weighted by molar-refractivity contribution is 5.76. The molecule has 0 amide bonds. The van der Waals surface area contributed by atoms with Crippen molar-refractivity contribution < 1.29 is 9.90 Å². The first-order valence-corrected chi connectivity index (χ1v) is 4.20. The van der Waals surface area contributed by atoms with Gasteiger partial charge in [-0.15, -0.1) is 0 Å². The Morgan fingerprint density at radius 2 is 2.36 bits per heavy atom. The molecule has 5 nitrogen and oxygen atoms in total. The number of imidazole rings is 1. The highest BCUT2D eigenvalue weighted by Gasteiger charge is 2.15. The molecular formula is C9H9N3O2. The number of aliphatic carboxylic acids is 1. The molecule has 0 aromatic carbocycles. The van der Waals surface area contributed by atoms with E-state index in [-0.39, 0.29) is 0 Å². The van der Waals surface area contributed by atoms with Crippen LogP contribution in [0.25, 0.3) is 11.2 Å². The van der Waals surface area contributed by atoms with Gasteiger partial charge in [0.25, 0.3) is 0 Å². The fraction of sp³-hybridized carbons (Fsp3) is 0.222. The van der Waals surface area contributed by atoms with Gasteiger partial charge in [0.2, 0.25) is 0 Å². The zero-order valence-corrected chi connectivity index (χ0v) is 7.58. The Morgan fingerprint density at radius 3 is 3.07 bits per heavy atom. The molecule has 0 bridgehead atoms. The topological polar surface area (TPSA) is 68.0 Å². The molecule has 0 fully saturated rings. The Labute approximate surface area is 80.0 Å². The molecule has 0 spiro atoms. The van der Waals surface area contributed by atoms with Gasteiger partial charge in [-0.05, 0) is 19.1 Å². The first kappa shape index (κ1) is 8.68. The number of pyridine rings is 1. The lowest BCUT2D eigenvalue weighted by Gasteiger charge is -2.07. The summed E-state index contributed by atoms with van der Waals surface area (Å²) in [5.74, 6) is -0.894.